The Bertz CT molecular complexity index is 558. The van der Waals surface area contributed by atoms with Gasteiger partial charge in [0, 0.05) is 24.4 Å². The number of rotatable bonds is 4. The van der Waals surface area contributed by atoms with Crippen LogP contribution in [0.2, 0.25) is 0 Å². The van der Waals surface area contributed by atoms with Crippen molar-refractivity contribution in [3.05, 3.63) is 52.9 Å². The largest absolute Gasteiger partial charge is 0.306 e. The molecule has 19 heavy (non-hydrogen) atoms. The first-order valence-electron chi connectivity index (χ1n) is 6.22. The van der Waals surface area contributed by atoms with Crippen molar-refractivity contribution in [1.82, 2.24) is 15.1 Å². The lowest BCUT2D eigenvalue weighted by Crippen LogP contribution is -2.24. The molecule has 3 nitrogen and oxygen atoms in total. The molecule has 1 aromatic carbocycles. The van der Waals surface area contributed by atoms with Crippen LogP contribution in [0.3, 0.4) is 0 Å². The van der Waals surface area contributed by atoms with Crippen LogP contribution in [0.4, 0.5) is 8.78 Å². The number of benzene rings is 1. The molecular weight excluding hydrogens is 248 g/mol. The molecule has 2 aromatic rings. The maximum absolute atomic E-state index is 13.9. The number of hydrogen-bond acceptors (Lipinski definition) is 2. The summed E-state index contributed by atoms with van der Waals surface area (Å²) in [7, 11) is 1.79. The minimum Gasteiger partial charge on any atom is -0.306 e. The van der Waals surface area contributed by atoms with Gasteiger partial charge in [0.25, 0.3) is 0 Å². The SMILES string of the molecule is CCNC(c1cn(C)nc1C)c1c(F)cccc1F. The van der Waals surface area contributed by atoms with Crippen molar-refractivity contribution in [2.24, 2.45) is 7.05 Å². The summed E-state index contributed by atoms with van der Waals surface area (Å²) in [6, 6.07) is 3.39. The van der Waals surface area contributed by atoms with Gasteiger partial charge in [0.05, 0.1) is 11.7 Å². The molecule has 0 radical (unpaired) electrons. The van der Waals surface area contributed by atoms with Crippen LogP contribution in [0, 0.1) is 18.6 Å². The Morgan fingerprint density at radius 3 is 2.42 bits per heavy atom. The van der Waals surface area contributed by atoms with Crippen molar-refractivity contribution in [3.63, 3.8) is 0 Å². The van der Waals surface area contributed by atoms with E-state index >= 15 is 0 Å². The lowest BCUT2D eigenvalue weighted by Gasteiger charge is -2.19. The molecule has 0 aliphatic rings. The van der Waals surface area contributed by atoms with Gasteiger partial charge in [-0.2, -0.15) is 5.10 Å². The standard InChI is InChI=1S/C14H17F2N3/c1-4-17-14(10-8-19(3)18-9(10)2)13-11(15)6-5-7-12(13)16/h5-8,14,17H,4H2,1-3H3. The fourth-order valence-electron chi connectivity index (χ4n) is 2.26. The van der Waals surface area contributed by atoms with Crippen LogP contribution in [0.25, 0.3) is 0 Å². The lowest BCUT2D eigenvalue weighted by molar-refractivity contribution is 0.509. The monoisotopic (exact) mass is 265 g/mol. The molecule has 1 aromatic heterocycles. The second-order valence-electron chi connectivity index (χ2n) is 4.47. The Balaban J connectivity index is 2.54. The summed E-state index contributed by atoms with van der Waals surface area (Å²) >= 11 is 0. The van der Waals surface area contributed by atoms with E-state index in [0.717, 1.165) is 11.3 Å². The molecule has 0 spiro atoms. The summed E-state index contributed by atoms with van der Waals surface area (Å²) in [5, 5.41) is 7.35. The lowest BCUT2D eigenvalue weighted by atomic mass is 9.98. The van der Waals surface area contributed by atoms with Gasteiger partial charge in [-0.05, 0) is 25.6 Å². The Labute approximate surface area is 111 Å². The molecule has 2 rings (SSSR count). The number of nitrogens with zero attached hydrogens (tertiary/aromatic N) is 2. The van der Waals surface area contributed by atoms with Crippen molar-refractivity contribution in [2.45, 2.75) is 19.9 Å². The summed E-state index contributed by atoms with van der Waals surface area (Å²) in [6.45, 7) is 4.34. The predicted octanol–water partition coefficient (Wildman–Crippen LogP) is 2.71. The van der Waals surface area contributed by atoms with Crippen molar-refractivity contribution in [2.75, 3.05) is 6.54 Å². The van der Waals surface area contributed by atoms with E-state index in [4.69, 9.17) is 0 Å². The number of nitrogens with one attached hydrogen (secondary N) is 1. The predicted molar refractivity (Wildman–Crippen MR) is 69.8 cm³/mol. The van der Waals surface area contributed by atoms with Crippen LogP contribution in [0.1, 0.15) is 29.8 Å². The first-order valence-corrected chi connectivity index (χ1v) is 6.22. The van der Waals surface area contributed by atoms with Gasteiger partial charge in [0.1, 0.15) is 11.6 Å². The van der Waals surface area contributed by atoms with Crippen molar-refractivity contribution < 1.29 is 8.78 Å². The van der Waals surface area contributed by atoms with Gasteiger partial charge in [-0.3, -0.25) is 4.68 Å². The van der Waals surface area contributed by atoms with Gasteiger partial charge >= 0.3 is 0 Å². The van der Waals surface area contributed by atoms with Crippen LogP contribution in [0.5, 0.6) is 0 Å². The molecule has 0 fully saturated rings. The van der Waals surface area contributed by atoms with E-state index in [-0.39, 0.29) is 5.56 Å². The van der Waals surface area contributed by atoms with Gasteiger partial charge in [-0.1, -0.05) is 13.0 Å². The Morgan fingerprint density at radius 2 is 1.95 bits per heavy atom. The van der Waals surface area contributed by atoms with Gasteiger partial charge in [0.2, 0.25) is 0 Å². The minimum absolute atomic E-state index is 0.0421. The third kappa shape index (κ3) is 2.66. The van der Waals surface area contributed by atoms with E-state index in [2.05, 4.69) is 10.4 Å². The van der Waals surface area contributed by atoms with Gasteiger partial charge in [0.15, 0.2) is 0 Å². The second-order valence-corrected chi connectivity index (χ2v) is 4.47. The van der Waals surface area contributed by atoms with Gasteiger partial charge in [-0.25, -0.2) is 8.78 Å². The minimum atomic E-state index is -0.547. The van der Waals surface area contributed by atoms with Crippen molar-refractivity contribution >= 4 is 0 Å². The number of hydrogen-bond donors (Lipinski definition) is 1. The Kier molecular flexibility index (Phi) is 3.95. The van der Waals surface area contributed by atoms with E-state index in [1.165, 1.54) is 18.2 Å². The topological polar surface area (TPSA) is 29.9 Å². The third-order valence-electron chi connectivity index (χ3n) is 3.06. The normalized spacial score (nSPS) is 12.7. The first-order chi connectivity index (χ1) is 9.04. The number of halogens is 2. The molecule has 0 aliphatic carbocycles. The molecule has 0 aliphatic heterocycles. The summed E-state index contributed by atoms with van der Waals surface area (Å²) in [5.41, 5.74) is 1.59. The van der Waals surface area contributed by atoms with Crippen LogP contribution in [-0.4, -0.2) is 16.3 Å². The zero-order chi connectivity index (χ0) is 14.0. The van der Waals surface area contributed by atoms with Crippen LogP contribution in [-0.2, 0) is 7.05 Å². The van der Waals surface area contributed by atoms with Gasteiger partial charge < -0.3 is 5.32 Å². The molecule has 0 saturated carbocycles. The molecule has 0 amide bonds. The fraction of sp³-hybridized carbons (Fsp3) is 0.357. The van der Waals surface area contributed by atoms with Crippen molar-refractivity contribution in [3.8, 4) is 0 Å². The molecule has 0 saturated heterocycles. The highest BCUT2D eigenvalue weighted by Gasteiger charge is 2.24. The quantitative estimate of drug-likeness (QED) is 0.921. The van der Waals surface area contributed by atoms with Gasteiger partial charge in [-0.15, -0.1) is 0 Å². The Hall–Kier alpha value is -1.75. The van der Waals surface area contributed by atoms with E-state index in [0.29, 0.717) is 6.54 Å². The summed E-state index contributed by atoms with van der Waals surface area (Å²) in [4.78, 5) is 0. The molecular formula is C14H17F2N3. The fourth-order valence-corrected chi connectivity index (χ4v) is 2.26. The molecule has 1 N–H and O–H groups in total. The van der Waals surface area contributed by atoms with E-state index < -0.39 is 17.7 Å². The molecule has 5 heteroatoms. The van der Waals surface area contributed by atoms with E-state index in [1.807, 2.05) is 13.8 Å². The molecule has 1 heterocycles. The smallest absolute Gasteiger partial charge is 0.131 e. The highest BCUT2D eigenvalue weighted by molar-refractivity contribution is 5.34. The van der Waals surface area contributed by atoms with Crippen LogP contribution in [0.15, 0.2) is 24.4 Å². The van der Waals surface area contributed by atoms with E-state index in [1.54, 1.807) is 17.9 Å². The van der Waals surface area contributed by atoms with Crippen LogP contribution < -0.4 is 5.32 Å². The molecule has 0 bridgehead atoms. The number of aryl methyl sites for hydroxylation is 2. The van der Waals surface area contributed by atoms with Crippen LogP contribution >= 0.6 is 0 Å². The highest BCUT2D eigenvalue weighted by Crippen LogP contribution is 2.28. The summed E-state index contributed by atoms with van der Waals surface area (Å²) in [6.07, 6.45) is 1.79. The molecule has 1 atom stereocenters. The summed E-state index contributed by atoms with van der Waals surface area (Å²) < 4.78 is 29.5. The average molecular weight is 265 g/mol. The summed E-state index contributed by atoms with van der Waals surface area (Å²) in [5.74, 6) is -1.09. The first kappa shape index (κ1) is 13.7. The molecule has 102 valence electrons. The Morgan fingerprint density at radius 1 is 1.32 bits per heavy atom. The highest BCUT2D eigenvalue weighted by atomic mass is 19.1. The molecule has 1 unspecified atom stereocenters. The third-order valence-corrected chi connectivity index (χ3v) is 3.06. The maximum Gasteiger partial charge on any atom is 0.131 e. The van der Waals surface area contributed by atoms with E-state index in [9.17, 15) is 8.78 Å². The second kappa shape index (κ2) is 5.48. The van der Waals surface area contributed by atoms with Crippen molar-refractivity contribution in [1.29, 1.82) is 0 Å². The maximum atomic E-state index is 13.9. The number of aromatic nitrogens is 2. The zero-order valence-corrected chi connectivity index (χ0v) is 11.2. The zero-order valence-electron chi connectivity index (χ0n) is 11.2. The average Bonchev–Trinajstić information content (AvgIpc) is 2.67.